The van der Waals surface area contributed by atoms with Crippen molar-refractivity contribution in [3.05, 3.63) is 0 Å². The van der Waals surface area contributed by atoms with Gasteiger partial charge < -0.3 is 30.3 Å². The van der Waals surface area contributed by atoms with E-state index >= 15 is 0 Å². The fourth-order valence-corrected chi connectivity index (χ4v) is 2.56. The van der Waals surface area contributed by atoms with Gasteiger partial charge in [-0.25, -0.2) is 0 Å². The summed E-state index contributed by atoms with van der Waals surface area (Å²) in [7, 11) is 0. The molecule has 1 fully saturated rings. The van der Waals surface area contributed by atoms with Crippen molar-refractivity contribution >= 4 is 15.9 Å². The number of aliphatic hydroxyl groups excluding tert-OH is 5. The molecule has 7 heteroatoms. The Balaban J connectivity index is 2.34. The van der Waals surface area contributed by atoms with Crippen LogP contribution in [0.15, 0.2) is 0 Å². The fourth-order valence-electron chi connectivity index (χ4n) is 2.16. The predicted molar refractivity (Wildman–Crippen MR) is 72.0 cm³/mol. The Labute approximate surface area is 121 Å². The monoisotopic (exact) mass is 342 g/mol. The summed E-state index contributed by atoms with van der Waals surface area (Å²) in [6.07, 6.45) is -4.60. The van der Waals surface area contributed by atoms with Crippen molar-refractivity contribution in [2.45, 2.75) is 62.3 Å². The normalized spacial score (nSPS) is 39.5. The number of aliphatic hydroxyl groups is 5. The van der Waals surface area contributed by atoms with Crippen LogP contribution in [0.5, 0.6) is 0 Å². The molecule has 1 saturated carbocycles. The molecule has 0 radical (unpaired) electrons. The molecule has 0 aromatic heterocycles. The average molecular weight is 343 g/mol. The summed E-state index contributed by atoms with van der Waals surface area (Å²) < 4.78 is 5.33. The maximum absolute atomic E-state index is 9.72. The van der Waals surface area contributed by atoms with E-state index in [1.54, 1.807) is 0 Å². The van der Waals surface area contributed by atoms with Gasteiger partial charge in [0.15, 0.2) is 0 Å². The van der Waals surface area contributed by atoms with Crippen molar-refractivity contribution < 1.29 is 30.3 Å². The van der Waals surface area contributed by atoms with Gasteiger partial charge in [-0.1, -0.05) is 28.8 Å². The van der Waals surface area contributed by atoms with Gasteiger partial charge in [-0.05, 0) is 12.8 Å². The van der Waals surface area contributed by atoms with Gasteiger partial charge in [0.2, 0.25) is 0 Å². The minimum absolute atomic E-state index is 0.330. The molecule has 0 heterocycles. The zero-order valence-corrected chi connectivity index (χ0v) is 12.3. The molecule has 1 aliphatic rings. The zero-order valence-electron chi connectivity index (χ0n) is 10.7. The molecule has 19 heavy (non-hydrogen) atoms. The van der Waals surface area contributed by atoms with Crippen LogP contribution < -0.4 is 0 Å². The van der Waals surface area contributed by atoms with Crippen molar-refractivity contribution in [3.63, 3.8) is 0 Å². The highest BCUT2D eigenvalue weighted by molar-refractivity contribution is 9.09. The molecule has 114 valence electrons. The molecule has 0 bridgehead atoms. The lowest BCUT2D eigenvalue weighted by Gasteiger charge is -2.41. The molecule has 0 spiro atoms. The van der Waals surface area contributed by atoms with Crippen LogP contribution in [0, 0.1) is 0 Å². The van der Waals surface area contributed by atoms with Crippen LogP contribution in [-0.4, -0.2) is 74.1 Å². The summed E-state index contributed by atoms with van der Waals surface area (Å²) >= 11 is 3.34. The Kier molecular flexibility index (Phi) is 7.74. The Morgan fingerprint density at radius 2 is 1.16 bits per heavy atom. The third-order valence-corrected chi connectivity index (χ3v) is 3.97. The summed E-state index contributed by atoms with van der Waals surface area (Å²) in [5.41, 5.74) is 0. The molecule has 1 aliphatic carbocycles. The second-order valence-electron chi connectivity index (χ2n) is 4.89. The highest BCUT2D eigenvalue weighted by atomic mass is 79.9. The number of hydrogen-bond donors (Lipinski definition) is 5. The fraction of sp³-hybridized carbons (Fsp3) is 1.00. The van der Waals surface area contributed by atoms with E-state index in [2.05, 4.69) is 15.9 Å². The van der Waals surface area contributed by atoms with E-state index in [9.17, 15) is 25.5 Å². The van der Waals surface area contributed by atoms with E-state index in [-0.39, 0.29) is 0 Å². The lowest BCUT2D eigenvalue weighted by Crippen LogP contribution is -2.64. The highest BCUT2D eigenvalue weighted by Gasteiger charge is 2.48. The van der Waals surface area contributed by atoms with Crippen LogP contribution in [0.4, 0.5) is 0 Å². The van der Waals surface area contributed by atoms with Crippen LogP contribution in [0.25, 0.3) is 0 Å². The van der Waals surface area contributed by atoms with Gasteiger partial charge in [-0.2, -0.15) is 0 Å². The van der Waals surface area contributed by atoms with Gasteiger partial charge in [0.25, 0.3) is 0 Å². The molecule has 1 rings (SSSR count). The van der Waals surface area contributed by atoms with E-state index in [1.807, 2.05) is 0 Å². The van der Waals surface area contributed by atoms with E-state index in [1.165, 1.54) is 0 Å². The van der Waals surface area contributed by atoms with Gasteiger partial charge in [0, 0.05) is 11.9 Å². The minimum Gasteiger partial charge on any atom is -0.387 e. The van der Waals surface area contributed by atoms with Crippen LogP contribution in [-0.2, 0) is 4.74 Å². The standard InChI is InChI=1S/C12H23BrO6/c13-5-3-1-2-4-6-19-12-10(17)8(15)7(14)9(16)11(12)18/h7-12,14-18H,1-6H2/t7-,8-,9+,10+,11-,12+. The molecule has 5 N–H and O–H groups in total. The van der Waals surface area contributed by atoms with Crippen molar-refractivity contribution in [2.24, 2.45) is 0 Å². The molecular weight excluding hydrogens is 320 g/mol. The zero-order chi connectivity index (χ0) is 14.4. The van der Waals surface area contributed by atoms with Gasteiger partial charge in [0.1, 0.15) is 36.6 Å². The first kappa shape index (κ1) is 17.3. The molecule has 6 nitrogen and oxygen atoms in total. The Bertz CT molecular complexity index is 238. The molecule has 6 atom stereocenters. The third-order valence-electron chi connectivity index (χ3n) is 3.41. The SMILES string of the molecule is O[C@@H]1[C@@H](O)[C@H](O)[C@H](OCCCCCCBr)[C@H](O)[C@H]1O. The summed E-state index contributed by atoms with van der Waals surface area (Å²) in [6, 6.07) is 0. The molecular formula is C12H23BrO6. The first-order valence-electron chi connectivity index (χ1n) is 6.58. The van der Waals surface area contributed by atoms with Crippen LogP contribution in [0.3, 0.4) is 0 Å². The van der Waals surface area contributed by atoms with E-state index < -0.39 is 36.6 Å². The summed E-state index contributed by atoms with van der Waals surface area (Å²) in [4.78, 5) is 0. The smallest absolute Gasteiger partial charge is 0.114 e. The first-order chi connectivity index (χ1) is 9.00. The lowest BCUT2D eigenvalue weighted by atomic mass is 9.85. The van der Waals surface area contributed by atoms with Crippen LogP contribution in [0.2, 0.25) is 0 Å². The Morgan fingerprint density at radius 3 is 1.68 bits per heavy atom. The minimum atomic E-state index is -1.57. The van der Waals surface area contributed by atoms with Crippen molar-refractivity contribution in [1.82, 2.24) is 0 Å². The predicted octanol–water partition coefficient (Wildman–Crippen LogP) is -0.855. The molecule has 0 unspecified atom stereocenters. The van der Waals surface area contributed by atoms with E-state index in [4.69, 9.17) is 4.74 Å². The molecule has 0 aromatic carbocycles. The summed E-state index contributed by atoms with van der Waals surface area (Å²) in [6.45, 7) is 0.330. The molecule has 0 aromatic rings. The first-order valence-corrected chi connectivity index (χ1v) is 7.70. The number of halogens is 1. The Hall–Kier alpha value is 0.240. The van der Waals surface area contributed by atoms with Crippen molar-refractivity contribution in [2.75, 3.05) is 11.9 Å². The largest absolute Gasteiger partial charge is 0.387 e. The summed E-state index contributed by atoms with van der Waals surface area (Å²) in [5, 5.41) is 48.8. The molecule has 0 amide bonds. The molecule has 0 aliphatic heterocycles. The Morgan fingerprint density at radius 1 is 0.684 bits per heavy atom. The van der Waals surface area contributed by atoms with Gasteiger partial charge in [-0.3, -0.25) is 0 Å². The quantitative estimate of drug-likeness (QED) is 0.304. The highest BCUT2D eigenvalue weighted by Crippen LogP contribution is 2.24. The maximum atomic E-state index is 9.72. The number of alkyl halides is 1. The van der Waals surface area contributed by atoms with E-state index in [0.29, 0.717) is 6.61 Å². The topological polar surface area (TPSA) is 110 Å². The average Bonchev–Trinajstić information content (AvgIpc) is 2.41. The number of rotatable bonds is 7. The number of unbranched alkanes of at least 4 members (excludes halogenated alkanes) is 3. The number of hydrogen-bond acceptors (Lipinski definition) is 6. The number of ether oxygens (including phenoxy) is 1. The van der Waals surface area contributed by atoms with Crippen LogP contribution in [0.1, 0.15) is 25.7 Å². The third kappa shape index (κ3) is 4.63. The lowest BCUT2D eigenvalue weighted by molar-refractivity contribution is -0.235. The van der Waals surface area contributed by atoms with Crippen molar-refractivity contribution in [3.8, 4) is 0 Å². The maximum Gasteiger partial charge on any atom is 0.114 e. The van der Waals surface area contributed by atoms with Crippen LogP contribution >= 0.6 is 15.9 Å². The second kappa shape index (κ2) is 8.51. The molecule has 0 saturated heterocycles. The van der Waals surface area contributed by atoms with E-state index in [0.717, 1.165) is 31.0 Å². The van der Waals surface area contributed by atoms with Gasteiger partial charge >= 0.3 is 0 Å². The van der Waals surface area contributed by atoms with Crippen molar-refractivity contribution in [1.29, 1.82) is 0 Å². The van der Waals surface area contributed by atoms with Gasteiger partial charge in [-0.15, -0.1) is 0 Å². The van der Waals surface area contributed by atoms with Gasteiger partial charge in [0.05, 0.1) is 0 Å². The summed E-state index contributed by atoms with van der Waals surface area (Å²) in [5.74, 6) is 0. The second-order valence-corrected chi connectivity index (χ2v) is 5.68.